The van der Waals surface area contributed by atoms with Crippen molar-refractivity contribution >= 4 is 34.9 Å². The minimum atomic E-state index is -4.66. The number of anilines is 2. The molecule has 1 aromatic heterocycles. The van der Waals surface area contributed by atoms with Crippen LogP contribution in [0.25, 0.3) is 0 Å². The van der Waals surface area contributed by atoms with Crippen LogP contribution in [-0.4, -0.2) is 16.8 Å². The summed E-state index contributed by atoms with van der Waals surface area (Å²) in [5.74, 6) is -0.440. The number of hydrogen-bond donors (Lipinski definition) is 2. The molecule has 0 atom stereocenters. The number of nitrogens with zero attached hydrogens (tertiary/aromatic N) is 1. The second-order valence-electron chi connectivity index (χ2n) is 8.28. The van der Waals surface area contributed by atoms with Gasteiger partial charge in [0.25, 0.3) is 0 Å². The molecule has 6 nitrogen and oxygen atoms in total. The zero-order valence-corrected chi connectivity index (χ0v) is 19.4. The first kappa shape index (κ1) is 25.4. The Balaban J connectivity index is 1.37. The van der Waals surface area contributed by atoms with Crippen LogP contribution in [0.3, 0.4) is 0 Å². The van der Waals surface area contributed by atoms with E-state index in [1.165, 1.54) is 30.5 Å². The number of hydrogen-bond acceptors (Lipinski definition) is 4. The van der Waals surface area contributed by atoms with E-state index in [4.69, 9.17) is 16.3 Å². The van der Waals surface area contributed by atoms with Gasteiger partial charge >= 0.3 is 6.18 Å². The number of alkyl halides is 3. The molecule has 0 saturated heterocycles. The van der Waals surface area contributed by atoms with E-state index in [0.717, 1.165) is 25.0 Å². The number of nitrogens with one attached hydrogen (secondary N) is 2. The summed E-state index contributed by atoms with van der Waals surface area (Å²) in [5.41, 5.74) is -0.661. The summed E-state index contributed by atoms with van der Waals surface area (Å²) in [6, 6.07) is 10.1. The van der Waals surface area contributed by atoms with Crippen LogP contribution in [0.15, 0.2) is 54.7 Å². The van der Waals surface area contributed by atoms with E-state index in [9.17, 15) is 27.2 Å². The van der Waals surface area contributed by atoms with Crippen LogP contribution in [-0.2, 0) is 22.2 Å². The highest BCUT2D eigenvalue weighted by Crippen LogP contribution is 2.36. The molecule has 4 rings (SSSR count). The van der Waals surface area contributed by atoms with Crippen LogP contribution in [0.1, 0.15) is 30.4 Å². The fraction of sp³-hybridized carbons (Fsp3) is 0.240. The van der Waals surface area contributed by atoms with E-state index in [2.05, 4.69) is 15.6 Å². The molecule has 0 bridgehead atoms. The largest absolute Gasteiger partial charge is 0.457 e. The first-order chi connectivity index (χ1) is 17.1. The summed E-state index contributed by atoms with van der Waals surface area (Å²) < 4.78 is 58.9. The molecular formula is C25H20ClF4N3O3. The third-order valence-electron chi connectivity index (χ3n) is 5.29. The Kier molecular flexibility index (Phi) is 7.44. The molecule has 0 spiro atoms. The molecular weight excluding hydrogens is 502 g/mol. The van der Waals surface area contributed by atoms with Gasteiger partial charge in [-0.15, -0.1) is 0 Å². The van der Waals surface area contributed by atoms with Gasteiger partial charge < -0.3 is 15.4 Å². The highest BCUT2D eigenvalue weighted by Gasteiger charge is 2.33. The van der Waals surface area contributed by atoms with Crippen molar-refractivity contribution in [1.82, 2.24) is 4.98 Å². The van der Waals surface area contributed by atoms with Crippen molar-refractivity contribution in [3.63, 3.8) is 0 Å². The lowest BCUT2D eigenvalue weighted by atomic mass is 10.1. The number of pyridine rings is 1. The number of aryl methyl sites for hydroxylation is 1. The van der Waals surface area contributed by atoms with Crippen LogP contribution in [0.5, 0.6) is 11.5 Å². The van der Waals surface area contributed by atoms with Crippen molar-refractivity contribution in [2.75, 3.05) is 10.6 Å². The Bertz CT molecular complexity index is 1300. The topological polar surface area (TPSA) is 80.3 Å². The van der Waals surface area contributed by atoms with E-state index in [0.29, 0.717) is 17.1 Å². The van der Waals surface area contributed by atoms with Crippen LogP contribution < -0.4 is 15.4 Å². The van der Waals surface area contributed by atoms with Crippen molar-refractivity contribution < 1.29 is 31.9 Å². The first-order valence-corrected chi connectivity index (χ1v) is 11.4. The fourth-order valence-corrected chi connectivity index (χ4v) is 3.60. The molecule has 0 unspecified atom stereocenters. The number of aromatic nitrogens is 1. The van der Waals surface area contributed by atoms with Crippen LogP contribution in [0.4, 0.5) is 29.1 Å². The van der Waals surface area contributed by atoms with Gasteiger partial charge in [-0.3, -0.25) is 9.59 Å². The molecule has 0 aliphatic heterocycles. The van der Waals surface area contributed by atoms with E-state index in [1.807, 2.05) is 0 Å². The van der Waals surface area contributed by atoms with E-state index >= 15 is 0 Å². The molecule has 1 heterocycles. The van der Waals surface area contributed by atoms with Crippen LogP contribution in [0.2, 0.25) is 5.02 Å². The molecule has 188 valence electrons. The number of halogens is 5. The number of rotatable bonds is 8. The SMILES string of the molecule is O=C(CCc1cc(F)cc(Oc2ccnc(NC(=O)C3CC3)c2)c1)Nc1ccc(Cl)c(C(F)(F)F)c1. The molecule has 2 amide bonds. The van der Waals surface area contributed by atoms with Crippen molar-refractivity contribution in [3.05, 3.63) is 76.7 Å². The summed E-state index contributed by atoms with van der Waals surface area (Å²) >= 11 is 5.59. The van der Waals surface area contributed by atoms with Gasteiger partial charge in [0.05, 0.1) is 10.6 Å². The second kappa shape index (κ2) is 10.5. The molecule has 3 aromatic rings. The lowest BCUT2D eigenvalue weighted by Crippen LogP contribution is -2.14. The smallest absolute Gasteiger partial charge is 0.417 e. The van der Waals surface area contributed by atoms with Gasteiger partial charge in [0.2, 0.25) is 11.8 Å². The first-order valence-electron chi connectivity index (χ1n) is 11.0. The third kappa shape index (κ3) is 6.94. The highest BCUT2D eigenvalue weighted by atomic mass is 35.5. The minimum absolute atomic E-state index is 0.00531. The normalized spacial score (nSPS) is 13.2. The van der Waals surface area contributed by atoms with E-state index < -0.39 is 28.5 Å². The summed E-state index contributed by atoms with van der Waals surface area (Å²) in [5, 5.41) is 4.62. The van der Waals surface area contributed by atoms with Crippen molar-refractivity contribution in [2.24, 2.45) is 5.92 Å². The van der Waals surface area contributed by atoms with Gasteiger partial charge in [-0.1, -0.05) is 11.6 Å². The summed E-state index contributed by atoms with van der Waals surface area (Å²) in [7, 11) is 0. The maximum absolute atomic E-state index is 14.2. The molecule has 11 heteroatoms. The molecule has 0 radical (unpaired) electrons. The lowest BCUT2D eigenvalue weighted by molar-refractivity contribution is -0.137. The quantitative estimate of drug-likeness (QED) is 0.327. The maximum atomic E-state index is 14.2. The molecule has 36 heavy (non-hydrogen) atoms. The molecule has 1 aliphatic carbocycles. The standard InChI is InChI=1S/C25H20ClF4N3O3/c26-21-5-4-17(12-20(21)25(28,29)30)32-23(34)6-1-14-9-16(27)11-19(10-14)36-18-7-8-31-22(13-18)33-24(35)15-2-3-15/h4-5,7-13,15H,1-3,6H2,(H,32,34)(H,31,33,35). The Labute approximate surface area is 208 Å². The lowest BCUT2D eigenvalue weighted by Gasteiger charge is -2.12. The predicted octanol–water partition coefficient (Wildman–Crippen LogP) is 6.61. The number of amides is 2. The Morgan fingerprint density at radius 1 is 1.03 bits per heavy atom. The minimum Gasteiger partial charge on any atom is -0.457 e. The molecule has 1 fully saturated rings. The van der Waals surface area contributed by atoms with E-state index in [-0.39, 0.29) is 36.1 Å². The molecule has 2 N–H and O–H groups in total. The molecule has 2 aromatic carbocycles. The summed E-state index contributed by atoms with van der Waals surface area (Å²) in [4.78, 5) is 28.3. The van der Waals surface area contributed by atoms with Crippen molar-refractivity contribution in [3.8, 4) is 11.5 Å². The van der Waals surface area contributed by atoms with E-state index in [1.54, 1.807) is 12.1 Å². The number of ether oxygens (including phenoxy) is 1. The van der Waals surface area contributed by atoms with Crippen molar-refractivity contribution in [1.29, 1.82) is 0 Å². The average Bonchev–Trinajstić information content (AvgIpc) is 3.64. The number of carbonyl (C=O) groups excluding carboxylic acids is 2. The Hall–Kier alpha value is -3.66. The van der Waals surface area contributed by atoms with Gasteiger partial charge in [-0.25, -0.2) is 9.37 Å². The second-order valence-corrected chi connectivity index (χ2v) is 8.69. The average molecular weight is 522 g/mol. The summed E-state index contributed by atoms with van der Waals surface area (Å²) in [6.45, 7) is 0. The number of benzene rings is 2. The molecule has 1 aliphatic rings. The monoisotopic (exact) mass is 521 g/mol. The zero-order chi connectivity index (χ0) is 25.9. The van der Waals surface area contributed by atoms with Gasteiger partial charge in [-0.05, 0) is 61.2 Å². The Morgan fingerprint density at radius 3 is 2.53 bits per heavy atom. The zero-order valence-electron chi connectivity index (χ0n) is 18.7. The van der Waals surface area contributed by atoms with Gasteiger partial charge in [-0.2, -0.15) is 13.2 Å². The van der Waals surface area contributed by atoms with Gasteiger partial charge in [0.1, 0.15) is 23.1 Å². The van der Waals surface area contributed by atoms with Crippen LogP contribution >= 0.6 is 11.6 Å². The molecule has 1 saturated carbocycles. The van der Waals surface area contributed by atoms with Crippen molar-refractivity contribution in [2.45, 2.75) is 31.9 Å². The maximum Gasteiger partial charge on any atom is 0.417 e. The summed E-state index contributed by atoms with van der Waals surface area (Å²) in [6.07, 6.45) is -1.52. The van der Waals surface area contributed by atoms with Gasteiger partial charge in [0, 0.05) is 36.4 Å². The number of carbonyl (C=O) groups is 2. The van der Waals surface area contributed by atoms with Gasteiger partial charge in [0.15, 0.2) is 0 Å². The van der Waals surface area contributed by atoms with Crippen LogP contribution in [0, 0.1) is 11.7 Å². The highest BCUT2D eigenvalue weighted by molar-refractivity contribution is 6.31. The predicted molar refractivity (Wildman–Crippen MR) is 125 cm³/mol. The fourth-order valence-electron chi connectivity index (χ4n) is 3.38. The third-order valence-corrected chi connectivity index (χ3v) is 5.62. The Morgan fingerprint density at radius 2 is 1.81 bits per heavy atom.